The van der Waals surface area contributed by atoms with Crippen molar-refractivity contribution >= 4 is 11.6 Å². The van der Waals surface area contributed by atoms with Gasteiger partial charge in [-0.05, 0) is 25.7 Å². The van der Waals surface area contributed by atoms with Crippen LogP contribution in [-0.2, 0) is 0 Å². The van der Waals surface area contributed by atoms with Crippen LogP contribution in [0.15, 0.2) is 12.4 Å². The zero-order chi connectivity index (χ0) is 11.2. The van der Waals surface area contributed by atoms with Crippen LogP contribution in [-0.4, -0.2) is 29.6 Å². The van der Waals surface area contributed by atoms with E-state index in [0.29, 0.717) is 0 Å². The van der Waals surface area contributed by atoms with Gasteiger partial charge in [-0.25, -0.2) is 9.97 Å². The van der Waals surface area contributed by atoms with Gasteiger partial charge in [0.05, 0.1) is 0 Å². The molecule has 0 aromatic carbocycles. The van der Waals surface area contributed by atoms with Gasteiger partial charge in [0.15, 0.2) is 0 Å². The SMILES string of the molecule is CCCNc1cc(N2CCCCC2)ncn1. The largest absolute Gasteiger partial charge is 0.370 e. The van der Waals surface area contributed by atoms with E-state index in [1.54, 1.807) is 6.33 Å². The number of nitrogens with zero attached hydrogens (tertiary/aromatic N) is 3. The second-order valence-electron chi connectivity index (χ2n) is 4.24. The summed E-state index contributed by atoms with van der Waals surface area (Å²) in [7, 11) is 0. The van der Waals surface area contributed by atoms with Crippen molar-refractivity contribution in [3.8, 4) is 0 Å². The van der Waals surface area contributed by atoms with E-state index in [1.807, 2.05) is 0 Å². The molecular formula is C12H20N4. The van der Waals surface area contributed by atoms with Crippen molar-refractivity contribution in [1.82, 2.24) is 9.97 Å². The molecule has 0 atom stereocenters. The number of hydrogen-bond acceptors (Lipinski definition) is 4. The van der Waals surface area contributed by atoms with Crippen LogP contribution in [0.2, 0.25) is 0 Å². The Labute approximate surface area is 97.1 Å². The first-order valence-corrected chi connectivity index (χ1v) is 6.21. The van der Waals surface area contributed by atoms with Crippen LogP contribution in [0.5, 0.6) is 0 Å². The summed E-state index contributed by atoms with van der Waals surface area (Å²) in [5.41, 5.74) is 0. The molecule has 0 radical (unpaired) electrons. The summed E-state index contributed by atoms with van der Waals surface area (Å²) in [6.45, 7) is 5.38. The summed E-state index contributed by atoms with van der Waals surface area (Å²) in [6, 6.07) is 2.06. The van der Waals surface area contributed by atoms with Gasteiger partial charge in [-0.2, -0.15) is 0 Å². The third kappa shape index (κ3) is 2.84. The van der Waals surface area contributed by atoms with Crippen molar-refractivity contribution < 1.29 is 0 Å². The van der Waals surface area contributed by atoms with E-state index in [-0.39, 0.29) is 0 Å². The maximum Gasteiger partial charge on any atom is 0.134 e. The third-order valence-electron chi connectivity index (χ3n) is 2.89. The molecule has 16 heavy (non-hydrogen) atoms. The fraction of sp³-hybridized carbons (Fsp3) is 0.667. The second kappa shape index (κ2) is 5.68. The average Bonchev–Trinajstić information content (AvgIpc) is 2.38. The molecule has 0 aliphatic carbocycles. The van der Waals surface area contributed by atoms with Crippen molar-refractivity contribution in [2.24, 2.45) is 0 Å². The van der Waals surface area contributed by atoms with Crippen LogP contribution in [0.1, 0.15) is 32.6 Å². The highest BCUT2D eigenvalue weighted by molar-refractivity contribution is 5.48. The molecule has 4 heteroatoms. The Morgan fingerprint density at radius 2 is 2.06 bits per heavy atom. The van der Waals surface area contributed by atoms with Gasteiger partial charge in [-0.3, -0.25) is 0 Å². The van der Waals surface area contributed by atoms with E-state index in [1.165, 1.54) is 19.3 Å². The highest BCUT2D eigenvalue weighted by Crippen LogP contribution is 2.18. The molecular weight excluding hydrogens is 200 g/mol. The molecule has 1 aliphatic rings. The molecule has 0 saturated carbocycles. The lowest BCUT2D eigenvalue weighted by Crippen LogP contribution is -2.30. The lowest BCUT2D eigenvalue weighted by Gasteiger charge is -2.27. The predicted octanol–water partition coefficient (Wildman–Crippen LogP) is 2.29. The van der Waals surface area contributed by atoms with Gasteiger partial charge in [0.1, 0.15) is 18.0 Å². The Hall–Kier alpha value is -1.32. The lowest BCUT2D eigenvalue weighted by atomic mass is 10.1. The summed E-state index contributed by atoms with van der Waals surface area (Å²) in [5, 5.41) is 3.30. The molecule has 1 aromatic heterocycles. The molecule has 1 aliphatic heterocycles. The minimum Gasteiger partial charge on any atom is -0.370 e. The van der Waals surface area contributed by atoms with Crippen LogP contribution in [0.25, 0.3) is 0 Å². The minimum absolute atomic E-state index is 0.942. The van der Waals surface area contributed by atoms with Gasteiger partial charge < -0.3 is 10.2 Å². The van der Waals surface area contributed by atoms with Crippen molar-refractivity contribution in [3.05, 3.63) is 12.4 Å². The van der Waals surface area contributed by atoms with Crippen LogP contribution in [0, 0.1) is 0 Å². The van der Waals surface area contributed by atoms with Gasteiger partial charge in [-0.15, -0.1) is 0 Å². The van der Waals surface area contributed by atoms with E-state index in [9.17, 15) is 0 Å². The lowest BCUT2D eigenvalue weighted by molar-refractivity contribution is 0.573. The number of hydrogen-bond donors (Lipinski definition) is 1. The summed E-state index contributed by atoms with van der Waals surface area (Å²) in [6.07, 6.45) is 6.68. The maximum absolute atomic E-state index is 4.35. The van der Waals surface area contributed by atoms with Crippen LogP contribution in [0.3, 0.4) is 0 Å². The quantitative estimate of drug-likeness (QED) is 0.845. The Morgan fingerprint density at radius 1 is 1.25 bits per heavy atom. The molecule has 4 nitrogen and oxygen atoms in total. The Morgan fingerprint density at radius 3 is 2.81 bits per heavy atom. The maximum atomic E-state index is 4.35. The first kappa shape index (κ1) is 11.2. The first-order chi connectivity index (χ1) is 7.90. The zero-order valence-electron chi connectivity index (χ0n) is 9.95. The monoisotopic (exact) mass is 220 g/mol. The van der Waals surface area contributed by atoms with Gasteiger partial charge in [0.25, 0.3) is 0 Å². The number of anilines is 2. The van der Waals surface area contributed by atoms with Gasteiger partial charge >= 0.3 is 0 Å². The average molecular weight is 220 g/mol. The van der Waals surface area contributed by atoms with Crippen molar-refractivity contribution in [2.45, 2.75) is 32.6 Å². The molecule has 2 rings (SSSR count). The molecule has 1 N–H and O–H groups in total. The molecule has 1 fully saturated rings. The molecule has 0 spiro atoms. The van der Waals surface area contributed by atoms with Gasteiger partial charge in [-0.1, -0.05) is 6.92 Å². The van der Waals surface area contributed by atoms with Crippen LogP contribution in [0.4, 0.5) is 11.6 Å². The molecule has 88 valence electrons. The fourth-order valence-electron chi connectivity index (χ4n) is 1.99. The van der Waals surface area contributed by atoms with Gasteiger partial charge in [0, 0.05) is 25.7 Å². The molecule has 0 bridgehead atoms. The Balaban J connectivity index is 2.02. The number of rotatable bonds is 4. The summed E-state index contributed by atoms with van der Waals surface area (Å²) in [4.78, 5) is 10.9. The topological polar surface area (TPSA) is 41.0 Å². The van der Waals surface area contributed by atoms with Crippen molar-refractivity contribution in [1.29, 1.82) is 0 Å². The predicted molar refractivity (Wildman–Crippen MR) is 66.9 cm³/mol. The third-order valence-corrected chi connectivity index (χ3v) is 2.89. The van der Waals surface area contributed by atoms with E-state index < -0.39 is 0 Å². The van der Waals surface area contributed by atoms with E-state index in [0.717, 1.165) is 37.7 Å². The zero-order valence-corrected chi connectivity index (χ0v) is 9.95. The number of piperidine rings is 1. The molecule has 0 amide bonds. The van der Waals surface area contributed by atoms with Crippen molar-refractivity contribution in [2.75, 3.05) is 29.9 Å². The van der Waals surface area contributed by atoms with Gasteiger partial charge in [0.2, 0.25) is 0 Å². The smallest absolute Gasteiger partial charge is 0.134 e. The standard InChI is InChI=1S/C12H20N4/c1-2-6-13-11-9-12(15-10-14-11)16-7-4-3-5-8-16/h9-10H,2-8H2,1H3,(H,13,14,15). The normalized spacial score (nSPS) is 16.2. The highest BCUT2D eigenvalue weighted by atomic mass is 15.2. The fourth-order valence-corrected chi connectivity index (χ4v) is 1.99. The minimum atomic E-state index is 0.942. The summed E-state index contributed by atoms with van der Waals surface area (Å²) < 4.78 is 0. The van der Waals surface area contributed by atoms with Crippen LogP contribution >= 0.6 is 0 Å². The molecule has 1 aromatic rings. The summed E-state index contributed by atoms with van der Waals surface area (Å²) >= 11 is 0. The highest BCUT2D eigenvalue weighted by Gasteiger charge is 2.12. The van der Waals surface area contributed by atoms with E-state index in [2.05, 4.69) is 33.2 Å². The molecule has 2 heterocycles. The Kier molecular flexibility index (Phi) is 3.97. The van der Waals surface area contributed by atoms with Crippen LogP contribution < -0.4 is 10.2 Å². The van der Waals surface area contributed by atoms with Crippen molar-refractivity contribution in [3.63, 3.8) is 0 Å². The van der Waals surface area contributed by atoms with E-state index in [4.69, 9.17) is 0 Å². The Bertz CT molecular complexity index is 321. The number of aromatic nitrogens is 2. The second-order valence-corrected chi connectivity index (χ2v) is 4.24. The molecule has 1 saturated heterocycles. The first-order valence-electron chi connectivity index (χ1n) is 6.21. The molecule has 0 unspecified atom stereocenters. The van der Waals surface area contributed by atoms with E-state index >= 15 is 0 Å². The summed E-state index contributed by atoms with van der Waals surface area (Å²) in [5.74, 6) is 2.01. The number of nitrogens with one attached hydrogen (secondary N) is 1.